The van der Waals surface area contributed by atoms with Crippen LogP contribution in [0.15, 0.2) is 71.7 Å². The first-order chi connectivity index (χ1) is 16.4. The number of hydrogen-bond donors (Lipinski definition) is 2. The zero-order valence-corrected chi connectivity index (χ0v) is 17.7. The molecule has 0 fully saturated rings. The van der Waals surface area contributed by atoms with Crippen LogP contribution in [-0.4, -0.2) is 40.4 Å². The van der Waals surface area contributed by atoms with E-state index in [9.17, 15) is 19.7 Å². The Kier molecular flexibility index (Phi) is 4.94. The summed E-state index contributed by atoms with van der Waals surface area (Å²) in [7, 11) is 0. The van der Waals surface area contributed by atoms with Crippen molar-refractivity contribution < 1.29 is 9.72 Å². The second kappa shape index (κ2) is 8.09. The number of para-hydroxylation sites is 1. The lowest BCUT2D eigenvalue weighted by Gasteiger charge is -2.09. The maximum Gasteiger partial charge on any atom is 0.270 e. The summed E-state index contributed by atoms with van der Waals surface area (Å²) in [4.78, 5) is 43.2. The molecule has 0 aliphatic rings. The van der Waals surface area contributed by atoms with Gasteiger partial charge in [-0.2, -0.15) is 19.9 Å². The van der Waals surface area contributed by atoms with Crippen LogP contribution in [0.4, 0.5) is 11.5 Å². The van der Waals surface area contributed by atoms with E-state index in [-0.39, 0.29) is 23.0 Å². The number of aryl methyl sites for hydroxylation is 1. The molecule has 2 aromatic carbocycles. The third-order valence-electron chi connectivity index (χ3n) is 5.02. The molecule has 5 aromatic rings. The predicted molar refractivity (Wildman–Crippen MR) is 122 cm³/mol. The smallest absolute Gasteiger partial charge is 0.270 e. The summed E-state index contributed by atoms with van der Waals surface area (Å²) in [5.74, 6) is -0.289. The topological polar surface area (TPSA) is 154 Å². The molecule has 0 aliphatic carbocycles. The third kappa shape index (κ3) is 3.68. The first-order valence-corrected chi connectivity index (χ1v) is 10.1. The van der Waals surface area contributed by atoms with Gasteiger partial charge < -0.3 is 5.32 Å². The van der Waals surface area contributed by atoms with Gasteiger partial charge in [-0.3, -0.25) is 24.7 Å². The van der Waals surface area contributed by atoms with Gasteiger partial charge >= 0.3 is 0 Å². The molecule has 34 heavy (non-hydrogen) atoms. The molecule has 3 heterocycles. The average molecular weight is 456 g/mol. The van der Waals surface area contributed by atoms with Crippen LogP contribution in [0.3, 0.4) is 0 Å². The lowest BCUT2D eigenvalue weighted by atomic mass is 10.2. The minimum atomic E-state index is -0.581. The molecule has 0 aliphatic heterocycles. The second-order valence-electron chi connectivity index (χ2n) is 7.36. The molecule has 0 radical (unpaired) electrons. The van der Waals surface area contributed by atoms with Crippen molar-refractivity contribution in [2.24, 2.45) is 0 Å². The molecule has 12 heteroatoms. The largest absolute Gasteiger partial charge is 0.306 e. The van der Waals surface area contributed by atoms with Gasteiger partial charge in [-0.15, -0.1) is 0 Å². The van der Waals surface area contributed by atoms with Crippen molar-refractivity contribution in [1.29, 1.82) is 0 Å². The Balaban J connectivity index is 1.56. The first kappa shape index (κ1) is 20.8. The van der Waals surface area contributed by atoms with Crippen molar-refractivity contribution in [1.82, 2.24) is 29.5 Å². The van der Waals surface area contributed by atoms with E-state index in [1.165, 1.54) is 39.8 Å². The standard InChI is InChI=1S/C22H16N8O4/c1-13-10-18(24-20(31)14-6-5-9-16(11-14)30(33)34)29(27-13)22-25-19-17(21(32)26-22)12-23-28(19)15-7-3-2-4-8-15/h2-12H,1H3,(H,24,31)(H,25,26,32). The number of aromatic amines is 1. The molecule has 3 aromatic heterocycles. The van der Waals surface area contributed by atoms with Gasteiger partial charge in [0.05, 0.1) is 22.5 Å². The number of aromatic nitrogens is 6. The quantitative estimate of drug-likeness (QED) is 0.304. The number of non-ortho nitro benzene ring substituents is 1. The SMILES string of the molecule is Cc1cc(NC(=O)c2cccc([N+](=O)[O-])c2)n(-c2nc3c(cnn3-c3ccccc3)c(=O)[nH]2)n1. The van der Waals surface area contributed by atoms with Gasteiger partial charge in [0.1, 0.15) is 11.2 Å². The number of nitrogens with one attached hydrogen (secondary N) is 2. The zero-order valence-electron chi connectivity index (χ0n) is 17.7. The summed E-state index contributed by atoms with van der Waals surface area (Å²) in [5.41, 5.74) is 1.05. The average Bonchev–Trinajstić information content (AvgIpc) is 3.43. The van der Waals surface area contributed by atoms with Crippen LogP contribution in [-0.2, 0) is 0 Å². The van der Waals surface area contributed by atoms with Crippen LogP contribution in [0.1, 0.15) is 16.1 Å². The number of nitrogens with zero attached hydrogens (tertiary/aromatic N) is 6. The van der Waals surface area contributed by atoms with Crippen LogP contribution in [0, 0.1) is 17.0 Å². The number of carbonyl (C=O) groups is 1. The normalized spacial score (nSPS) is 11.0. The molecule has 0 atom stereocenters. The van der Waals surface area contributed by atoms with Crippen molar-refractivity contribution in [2.75, 3.05) is 5.32 Å². The highest BCUT2D eigenvalue weighted by Gasteiger charge is 2.18. The molecular formula is C22H16N8O4. The van der Waals surface area contributed by atoms with Crippen LogP contribution >= 0.6 is 0 Å². The zero-order chi connectivity index (χ0) is 23.8. The van der Waals surface area contributed by atoms with Crippen molar-refractivity contribution >= 4 is 28.4 Å². The number of rotatable bonds is 5. The van der Waals surface area contributed by atoms with Gasteiger partial charge in [0.25, 0.3) is 17.2 Å². The number of anilines is 1. The molecule has 168 valence electrons. The van der Waals surface area contributed by atoms with E-state index >= 15 is 0 Å². The van der Waals surface area contributed by atoms with E-state index in [4.69, 9.17) is 0 Å². The second-order valence-corrected chi connectivity index (χ2v) is 7.36. The summed E-state index contributed by atoms with van der Waals surface area (Å²) in [6.07, 6.45) is 1.43. The molecule has 2 N–H and O–H groups in total. The lowest BCUT2D eigenvalue weighted by Crippen LogP contribution is -2.19. The highest BCUT2D eigenvalue weighted by atomic mass is 16.6. The van der Waals surface area contributed by atoms with E-state index in [2.05, 4.69) is 25.5 Å². The number of nitro benzene ring substituents is 1. The van der Waals surface area contributed by atoms with Crippen LogP contribution < -0.4 is 10.9 Å². The van der Waals surface area contributed by atoms with E-state index in [1.54, 1.807) is 13.0 Å². The van der Waals surface area contributed by atoms with Gasteiger partial charge in [-0.1, -0.05) is 24.3 Å². The lowest BCUT2D eigenvalue weighted by molar-refractivity contribution is -0.384. The van der Waals surface area contributed by atoms with Crippen LogP contribution in [0.5, 0.6) is 0 Å². The summed E-state index contributed by atoms with van der Waals surface area (Å²) < 4.78 is 2.82. The summed E-state index contributed by atoms with van der Waals surface area (Å²) in [6, 6.07) is 16.2. The van der Waals surface area contributed by atoms with Gasteiger partial charge in [-0.25, -0.2) is 4.68 Å². The van der Waals surface area contributed by atoms with Crippen molar-refractivity contribution in [3.63, 3.8) is 0 Å². The van der Waals surface area contributed by atoms with Gasteiger partial charge in [0.2, 0.25) is 5.95 Å². The Morgan fingerprint density at radius 2 is 1.88 bits per heavy atom. The molecule has 0 saturated heterocycles. The minimum Gasteiger partial charge on any atom is -0.306 e. The fourth-order valence-electron chi connectivity index (χ4n) is 3.46. The summed E-state index contributed by atoms with van der Waals surface area (Å²) in [5, 5.41) is 22.6. The number of benzene rings is 2. The fourth-order valence-corrected chi connectivity index (χ4v) is 3.46. The maximum absolute atomic E-state index is 12.8. The Labute approximate surface area is 190 Å². The molecule has 0 unspecified atom stereocenters. The third-order valence-corrected chi connectivity index (χ3v) is 5.02. The van der Waals surface area contributed by atoms with Gasteiger partial charge in [-0.05, 0) is 25.1 Å². The maximum atomic E-state index is 12.8. The number of H-pyrrole nitrogens is 1. The Morgan fingerprint density at radius 1 is 1.09 bits per heavy atom. The monoisotopic (exact) mass is 456 g/mol. The number of fused-ring (bicyclic) bond motifs is 1. The van der Waals surface area contributed by atoms with Crippen molar-refractivity contribution in [2.45, 2.75) is 6.92 Å². The highest BCUT2D eigenvalue weighted by molar-refractivity contribution is 6.04. The molecule has 0 bridgehead atoms. The van der Waals surface area contributed by atoms with E-state index in [1.807, 2.05) is 30.3 Å². The molecule has 1 amide bonds. The van der Waals surface area contributed by atoms with E-state index in [0.29, 0.717) is 16.7 Å². The Morgan fingerprint density at radius 3 is 2.65 bits per heavy atom. The molecule has 0 saturated carbocycles. The molecule has 5 rings (SSSR count). The number of hydrogen-bond acceptors (Lipinski definition) is 7. The molecular weight excluding hydrogens is 440 g/mol. The predicted octanol–water partition coefficient (Wildman–Crippen LogP) is 2.76. The molecule has 0 spiro atoms. The number of carbonyl (C=O) groups excluding carboxylic acids is 1. The van der Waals surface area contributed by atoms with Crippen molar-refractivity contribution in [3.8, 4) is 11.6 Å². The number of nitro groups is 1. The van der Waals surface area contributed by atoms with Gasteiger partial charge in [0, 0.05) is 23.8 Å². The van der Waals surface area contributed by atoms with Crippen molar-refractivity contribution in [3.05, 3.63) is 98.6 Å². The fraction of sp³-hybridized carbons (Fsp3) is 0.0455. The molecule has 12 nitrogen and oxygen atoms in total. The number of amides is 1. The van der Waals surface area contributed by atoms with E-state index < -0.39 is 16.4 Å². The summed E-state index contributed by atoms with van der Waals surface area (Å²) in [6.45, 7) is 1.71. The van der Waals surface area contributed by atoms with E-state index in [0.717, 1.165) is 5.69 Å². The van der Waals surface area contributed by atoms with Gasteiger partial charge in [0.15, 0.2) is 5.65 Å². The Hall–Kier alpha value is -5.13. The summed E-state index contributed by atoms with van der Waals surface area (Å²) >= 11 is 0. The van der Waals surface area contributed by atoms with Crippen LogP contribution in [0.25, 0.3) is 22.7 Å². The highest BCUT2D eigenvalue weighted by Crippen LogP contribution is 2.19. The first-order valence-electron chi connectivity index (χ1n) is 10.1. The minimum absolute atomic E-state index is 0.0672. The van der Waals surface area contributed by atoms with Crippen LogP contribution in [0.2, 0.25) is 0 Å². The Bertz CT molecular complexity index is 1620.